The zero-order valence-electron chi connectivity index (χ0n) is 42.2. The largest absolute Gasteiger partial charge is 0.466 e. The lowest BCUT2D eigenvalue weighted by atomic mass is 10.1. The molecule has 0 spiro atoms. The number of rotatable bonds is 40. The third kappa shape index (κ3) is 27.1. The molecular formula is C53H99N4O7+. The number of quaternary nitrogens is 1. The highest BCUT2D eigenvalue weighted by atomic mass is 16.5. The Morgan fingerprint density at radius 3 is 1.48 bits per heavy atom. The van der Waals surface area contributed by atoms with E-state index in [0.717, 1.165) is 68.7 Å². The summed E-state index contributed by atoms with van der Waals surface area (Å²) >= 11 is 0. The van der Waals surface area contributed by atoms with Gasteiger partial charge in [-0.1, -0.05) is 162 Å². The Labute approximate surface area is 392 Å². The van der Waals surface area contributed by atoms with Crippen LogP contribution in [0.2, 0.25) is 0 Å². The predicted molar refractivity (Wildman–Crippen MR) is 261 cm³/mol. The molecular weight excluding hydrogens is 805 g/mol. The molecule has 0 aromatic rings. The summed E-state index contributed by atoms with van der Waals surface area (Å²) in [5.74, 6) is -1.49. The summed E-state index contributed by atoms with van der Waals surface area (Å²) in [7, 11) is 6.72. The van der Waals surface area contributed by atoms with Crippen molar-refractivity contribution in [2.75, 3.05) is 54.0 Å². The Morgan fingerprint density at radius 1 is 0.531 bits per heavy atom. The molecule has 0 aromatic carbocycles. The molecule has 2 aliphatic rings. The van der Waals surface area contributed by atoms with Gasteiger partial charge in [-0.3, -0.25) is 19.2 Å². The molecule has 2 heterocycles. The summed E-state index contributed by atoms with van der Waals surface area (Å²) in [6.07, 6.45) is 35.9. The summed E-state index contributed by atoms with van der Waals surface area (Å²) in [6.45, 7) is 7.30. The minimum Gasteiger partial charge on any atom is -0.466 e. The van der Waals surface area contributed by atoms with Gasteiger partial charge in [-0.2, -0.15) is 0 Å². The van der Waals surface area contributed by atoms with Gasteiger partial charge in [0.15, 0.2) is 0 Å². The lowest BCUT2D eigenvalue weighted by Gasteiger charge is -2.31. The molecule has 0 aromatic heterocycles. The van der Waals surface area contributed by atoms with Crippen molar-refractivity contribution in [1.29, 1.82) is 0 Å². The van der Waals surface area contributed by atoms with Crippen LogP contribution in [0.25, 0.3) is 0 Å². The van der Waals surface area contributed by atoms with E-state index in [4.69, 9.17) is 9.47 Å². The summed E-state index contributed by atoms with van der Waals surface area (Å²) < 4.78 is 12.2. The van der Waals surface area contributed by atoms with Crippen LogP contribution in [-0.4, -0.2) is 116 Å². The fourth-order valence-corrected chi connectivity index (χ4v) is 9.37. The summed E-state index contributed by atoms with van der Waals surface area (Å²) in [6, 6.07) is -2.31. The van der Waals surface area contributed by atoms with Gasteiger partial charge in [-0.15, -0.1) is 0 Å². The standard InChI is InChI=1S/C53H98N4O7/c1-6-8-10-12-14-16-20-24-28-32-44-63-50(59)40-39-46(53(62)64-45-33-29-25-21-17-15-13-11-9-7-2)54-51(60)47-36-34-42-56(47)52(61)48-37-35-41-55(48)49(58)38-30-26-22-18-19-23-27-31-43-57(3,4)5/h46-48H,6-45H2,1-5H3/p+1/t46-,47-,48-/m0/s1. The Balaban J connectivity index is 1.85. The monoisotopic (exact) mass is 904 g/mol. The fraction of sp³-hybridized carbons (Fsp3) is 0.906. The zero-order chi connectivity index (χ0) is 46.7. The van der Waals surface area contributed by atoms with E-state index in [2.05, 4.69) is 40.3 Å². The van der Waals surface area contributed by atoms with Gasteiger partial charge in [0.25, 0.3) is 0 Å². The fourth-order valence-electron chi connectivity index (χ4n) is 9.37. The molecule has 372 valence electrons. The molecule has 64 heavy (non-hydrogen) atoms. The molecule has 0 unspecified atom stereocenters. The number of amides is 3. The van der Waals surface area contributed by atoms with E-state index >= 15 is 0 Å². The van der Waals surface area contributed by atoms with Crippen molar-refractivity contribution >= 4 is 29.7 Å². The molecule has 3 amide bonds. The van der Waals surface area contributed by atoms with E-state index in [1.54, 1.807) is 9.80 Å². The first-order chi connectivity index (χ1) is 31.0. The number of hydrogen-bond acceptors (Lipinski definition) is 7. The first-order valence-electron chi connectivity index (χ1n) is 27.0. The van der Waals surface area contributed by atoms with Crippen molar-refractivity contribution in [1.82, 2.24) is 15.1 Å². The minimum atomic E-state index is -1.02. The average molecular weight is 904 g/mol. The number of ether oxygens (including phenoxy) is 2. The highest BCUT2D eigenvalue weighted by molar-refractivity contribution is 5.94. The maximum absolute atomic E-state index is 14.1. The Bertz CT molecular complexity index is 1260. The molecule has 3 atom stereocenters. The molecule has 2 rings (SSSR count). The second-order valence-corrected chi connectivity index (χ2v) is 20.4. The van der Waals surface area contributed by atoms with E-state index in [1.165, 1.54) is 129 Å². The van der Waals surface area contributed by atoms with Crippen LogP contribution < -0.4 is 5.32 Å². The van der Waals surface area contributed by atoms with Crippen LogP contribution in [-0.2, 0) is 33.4 Å². The zero-order valence-corrected chi connectivity index (χ0v) is 42.2. The summed E-state index contributed by atoms with van der Waals surface area (Å²) in [4.78, 5) is 71.1. The SMILES string of the molecule is CCCCCCCCCCCCOC(=O)CC[C@H](NC(=O)[C@@H]1CCCN1C(=O)[C@@H]1CCCN1C(=O)CCCCCCCCCC[N+](C)(C)C)C(=O)OCCCCCCCCCCCC. The molecule has 11 nitrogen and oxygen atoms in total. The third-order valence-corrected chi connectivity index (χ3v) is 13.4. The van der Waals surface area contributed by atoms with Crippen molar-refractivity contribution in [3.05, 3.63) is 0 Å². The number of carbonyl (C=O) groups is 5. The van der Waals surface area contributed by atoms with Crippen LogP contribution in [0.15, 0.2) is 0 Å². The van der Waals surface area contributed by atoms with Crippen LogP contribution in [0.3, 0.4) is 0 Å². The van der Waals surface area contributed by atoms with Gasteiger partial charge in [0, 0.05) is 25.9 Å². The Morgan fingerprint density at radius 2 is 0.969 bits per heavy atom. The molecule has 0 bridgehead atoms. The van der Waals surface area contributed by atoms with Crippen LogP contribution in [0.5, 0.6) is 0 Å². The average Bonchev–Trinajstić information content (AvgIpc) is 3.98. The molecule has 0 aliphatic carbocycles. The first-order valence-corrected chi connectivity index (χ1v) is 27.0. The highest BCUT2D eigenvalue weighted by Gasteiger charge is 2.42. The number of nitrogens with zero attached hydrogens (tertiary/aromatic N) is 3. The molecule has 2 aliphatic heterocycles. The van der Waals surface area contributed by atoms with Crippen LogP contribution >= 0.6 is 0 Å². The molecule has 2 fully saturated rings. The van der Waals surface area contributed by atoms with Crippen molar-refractivity contribution in [2.45, 2.75) is 257 Å². The van der Waals surface area contributed by atoms with Gasteiger partial charge in [0.1, 0.15) is 18.1 Å². The van der Waals surface area contributed by atoms with Crippen LogP contribution in [0.4, 0.5) is 0 Å². The number of likely N-dealkylation sites (tertiary alicyclic amines) is 2. The summed E-state index contributed by atoms with van der Waals surface area (Å²) in [5.41, 5.74) is 0. The second kappa shape index (κ2) is 36.4. The Kier molecular flexibility index (Phi) is 32.7. The van der Waals surface area contributed by atoms with Crippen molar-refractivity contribution in [3.8, 4) is 0 Å². The van der Waals surface area contributed by atoms with Crippen molar-refractivity contribution in [2.24, 2.45) is 0 Å². The van der Waals surface area contributed by atoms with E-state index in [1.807, 2.05) is 0 Å². The van der Waals surface area contributed by atoms with Gasteiger partial charge in [-0.05, 0) is 64.2 Å². The van der Waals surface area contributed by atoms with Gasteiger partial charge in [0.05, 0.1) is 40.9 Å². The van der Waals surface area contributed by atoms with E-state index in [-0.39, 0.29) is 37.2 Å². The van der Waals surface area contributed by atoms with Crippen molar-refractivity contribution < 1.29 is 37.9 Å². The van der Waals surface area contributed by atoms with Gasteiger partial charge >= 0.3 is 11.9 Å². The summed E-state index contributed by atoms with van der Waals surface area (Å²) in [5, 5.41) is 2.89. The topological polar surface area (TPSA) is 122 Å². The molecule has 0 saturated carbocycles. The quantitative estimate of drug-likeness (QED) is 0.0369. The smallest absolute Gasteiger partial charge is 0.328 e. The van der Waals surface area contributed by atoms with E-state index in [0.29, 0.717) is 45.4 Å². The maximum atomic E-state index is 14.1. The first kappa shape index (κ1) is 57.4. The molecule has 0 radical (unpaired) electrons. The number of esters is 2. The van der Waals surface area contributed by atoms with Gasteiger partial charge < -0.3 is 29.1 Å². The minimum absolute atomic E-state index is 0.0142. The van der Waals surface area contributed by atoms with Crippen LogP contribution in [0, 0.1) is 0 Å². The lowest BCUT2D eigenvalue weighted by molar-refractivity contribution is -0.870. The van der Waals surface area contributed by atoms with Crippen LogP contribution in [0.1, 0.15) is 239 Å². The molecule has 11 heteroatoms. The number of carbonyl (C=O) groups excluding carboxylic acids is 5. The predicted octanol–water partition coefficient (Wildman–Crippen LogP) is 11.4. The van der Waals surface area contributed by atoms with E-state index < -0.39 is 30.0 Å². The molecule has 2 saturated heterocycles. The van der Waals surface area contributed by atoms with Gasteiger partial charge in [-0.25, -0.2) is 4.79 Å². The number of unbranched alkanes of at least 4 members (excludes halogenated alkanes) is 25. The third-order valence-electron chi connectivity index (χ3n) is 13.4. The van der Waals surface area contributed by atoms with Crippen molar-refractivity contribution in [3.63, 3.8) is 0 Å². The maximum Gasteiger partial charge on any atom is 0.328 e. The Hall–Kier alpha value is -2.69. The number of hydrogen-bond donors (Lipinski definition) is 1. The van der Waals surface area contributed by atoms with Gasteiger partial charge in [0.2, 0.25) is 17.7 Å². The second-order valence-electron chi connectivity index (χ2n) is 20.4. The number of nitrogens with one attached hydrogen (secondary N) is 1. The highest BCUT2D eigenvalue weighted by Crippen LogP contribution is 2.26. The normalized spacial score (nSPS) is 16.9. The molecule has 1 N–H and O–H groups in total. The lowest BCUT2D eigenvalue weighted by Crippen LogP contribution is -2.55. The van der Waals surface area contributed by atoms with E-state index in [9.17, 15) is 24.0 Å².